The maximum Gasteiger partial charge on any atom is 0.236 e. The van der Waals surface area contributed by atoms with E-state index in [9.17, 15) is 13.2 Å². The Morgan fingerprint density at radius 2 is 2.16 bits per heavy atom. The summed E-state index contributed by atoms with van der Waals surface area (Å²) >= 11 is 0. The van der Waals surface area contributed by atoms with Gasteiger partial charge >= 0.3 is 0 Å². The van der Waals surface area contributed by atoms with Gasteiger partial charge in [-0.15, -0.1) is 0 Å². The number of carbonyl (C=O) groups excluding carboxylic acids is 1. The van der Waals surface area contributed by atoms with Crippen LogP contribution in [0.5, 0.6) is 0 Å². The third-order valence-corrected chi connectivity index (χ3v) is 4.89. The lowest BCUT2D eigenvalue weighted by Gasteiger charge is -2.14. The summed E-state index contributed by atoms with van der Waals surface area (Å²) in [7, 11) is -1.83. The number of methoxy groups -OCH3 is 1. The molecule has 0 bridgehead atoms. The number of ether oxygens (including phenoxy) is 1. The van der Waals surface area contributed by atoms with Crippen molar-refractivity contribution in [3.8, 4) is 0 Å². The highest BCUT2D eigenvalue weighted by Crippen LogP contribution is 2.13. The topological polar surface area (TPSA) is 111 Å². The van der Waals surface area contributed by atoms with Crippen LogP contribution < -0.4 is 4.72 Å². The molecule has 1 atom stereocenters. The maximum absolute atomic E-state index is 12.0. The third kappa shape index (κ3) is 6.02. The molecule has 1 aliphatic heterocycles. The van der Waals surface area contributed by atoms with E-state index < -0.39 is 10.0 Å². The van der Waals surface area contributed by atoms with Crippen LogP contribution in [0.2, 0.25) is 0 Å². The van der Waals surface area contributed by atoms with Gasteiger partial charge in [0.1, 0.15) is 6.04 Å². The highest BCUT2D eigenvalue weighted by Gasteiger charge is 2.18. The van der Waals surface area contributed by atoms with Crippen molar-refractivity contribution < 1.29 is 17.9 Å². The van der Waals surface area contributed by atoms with Gasteiger partial charge in [0, 0.05) is 25.2 Å². The number of nitrogens with one attached hydrogen (secondary N) is 1. The van der Waals surface area contributed by atoms with Gasteiger partial charge in [-0.05, 0) is 43.9 Å². The Morgan fingerprint density at radius 1 is 1.36 bits per heavy atom. The van der Waals surface area contributed by atoms with Gasteiger partial charge in [0.15, 0.2) is 5.78 Å². The summed E-state index contributed by atoms with van der Waals surface area (Å²) in [4.78, 5) is 24.4. The van der Waals surface area contributed by atoms with Gasteiger partial charge in [0.25, 0.3) is 0 Å². The number of aromatic nitrogens is 2. The summed E-state index contributed by atoms with van der Waals surface area (Å²) < 4.78 is 30.4. The van der Waals surface area contributed by atoms with E-state index in [1.807, 2.05) is 0 Å². The average molecular weight is 366 g/mol. The number of hydrogen-bond acceptors (Lipinski definition) is 7. The molecule has 136 valence electrons. The number of dihydropyridines is 1. The summed E-state index contributed by atoms with van der Waals surface area (Å²) in [5, 5.41) is 0. The number of aliphatic imine (C=N–C) groups is 1. The first-order chi connectivity index (χ1) is 11.9. The van der Waals surface area contributed by atoms with Gasteiger partial charge in [-0.2, -0.15) is 0 Å². The first-order valence-corrected chi connectivity index (χ1v) is 9.67. The normalized spacial score (nSPS) is 17.4. The Labute approximate surface area is 147 Å². The van der Waals surface area contributed by atoms with E-state index in [1.165, 1.54) is 6.20 Å². The molecule has 1 aromatic heterocycles. The minimum Gasteiger partial charge on any atom is -0.380 e. The van der Waals surface area contributed by atoms with Crippen LogP contribution in [-0.2, 0) is 26.0 Å². The predicted octanol–water partition coefficient (Wildman–Crippen LogP) is 1.16. The molecule has 9 heteroatoms. The second kappa shape index (κ2) is 8.82. The van der Waals surface area contributed by atoms with E-state index >= 15 is 0 Å². The zero-order valence-corrected chi connectivity index (χ0v) is 15.1. The molecular formula is C16H22N4O4S. The van der Waals surface area contributed by atoms with Crippen LogP contribution in [0, 0.1) is 0 Å². The van der Waals surface area contributed by atoms with E-state index in [0.29, 0.717) is 31.6 Å². The zero-order chi connectivity index (χ0) is 18.3. The highest BCUT2D eigenvalue weighted by atomic mass is 32.2. The highest BCUT2D eigenvalue weighted by molar-refractivity contribution is 7.92. The number of anilines is 1. The van der Waals surface area contributed by atoms with Crippen LogP contribution >= 0.6 is 0 Å². The summed E-state index contributed by atoms with van der Waals surface area (Å²) in [5.74, 6) is 0.00733. The summed E-state index contributed by atoms with van der Waals surface area (Å²) in [6.07, 6.45) is 6.68. The lowest BCUT2D eigenvalue weighted by atomic mass is 10.0. The van der Waals surface area contributed by atoms with E-state index in [1.54, 1.807) is 32.4 Å². The Kier molecular flexibility index (Phi) is 6.77. The number of sulfonamides is 1. The van der Waals surface area contributed by atoms with Crippen LogP contribution in [-0.4, -0.2) is 55.9 Å². The fourth-order valence-electron chi connectivity index (χ4n) is 2.31. The fraction of sp³-hybridized carbons (Fsp3) is 0.500. The van der Waals surface area contributed by atoms with Crippen molar-refractivity contribution in [2.75, 3.05) is 24.2 Å². The van der Waals surface area contributed by atoms with Gasteiger partial charge in [-0.1, -0.05) is 0 Å². The number of hydrogen-bond donors (Lipinski definition) is 1. The van der Waals surface area contributed by atoms with Crippen molar-refractivity contribution in [2.24, 2.45) is 4.99 Å². The Morgan fingerprint density at radius 3 is 2.84 bits per heavy atom. The lowest BCUT2D eigenvalue weighted by Crippen LogP contribution is -2.22. The van der Waals surface area contributed by atoms with E-state index in [4.69, 9.17) is 4.74 Å². The van der Waals surface area contributed by atoms with Gasteiger partial charge in [-0.25, -0.2) is 18.4 Å². The van der Waals surface area contributed by atoms with Crippen LogP contribution in [0.4, 0.5) is 5.95 Å². The first kappa shape index (κ1) is 19.2. The minimum absolute atomic E-state index is 0.0198. The van der Waals surface area contributed by atoms with Gasteiger partial charge < -0.3 is 4.74 Å². The van der Waals surface area contributed by atoms with Crippen molar-refractivity contribution in [1.29, 1.82) is 0 Å². The molecule has 1 N–H and O–H groups in total. The Balaban J connectivity index is 1.87. The van der Waals surface area contributed by atoms with Crippen molar-refractivity contribution in [1.82, 2.24) is 9.97 Å². The quantitative estimate of drug-likeness (QED) is 0.702. The average Bonchev–Trinajstić information content (AvgIpc) is 2.57. The summed E-state index contributed by atoms with van der Waals surface area (Å²) in [6, 6.07) is 1.35. The van der Waals surface area contributed by atoms with Gasteiger partial charge in [-0.3, -0.25) is 14.5 Å². The molecule has 1 aromatic rings. The Bertz CT molecular complexity index is 774. The number of aryl methyl sites for hydroxylation is 1. The monoisotopic (exact) mass is 366 g/mol. The number of nitrogens with zero attached hydrogens (tertiary/aromatic N) is 3. The standard InChI is InChI=1S/C16H22N4O4S/c1-3-25(22,23)20-16-17-8-7-13(19-16)5-4-6-14-15(21)9-12(10-18-14)11-24-2/h7-10,14H,3-6,11H2,1-2H3,(H,17,19,20). The van der Waals surface area contributed by atoms with E-state index in [2.05, 4.69) is 19.7 Å². The molecule has 8 nitrogen and oxygen atoms in total. The maximum atomic E-state index is 12.0. The second-order valence-corrected chi connectivity index (χ2v) is 7.63. The Hall–Kier alpha value is -2.13. The van der Waals surface area contributed by atoms with Crippen LogP contribution in [0.15, 0.2) is 28.9 Å². The molecule has 0 spiro atoms. The smallest absolute Gasteiger partial charge is 0.236 e. The van der Waals surface area contributed by atoms with Crippen LogP contribution in [0.3, 0.4) is 0 Å². The molecule has 2 rings (SSSR count). The molecule has 0 saturated heterocycles. The molecule has 25 heavy (non-hydrogen) atoms. The van der Waals surface area contributed by atoms with Gasteiger partial charge in [0.05, 0.1) is 12.4 Å². The third-order valence-electron chi connectivity index (χ3n) is 3.64. The molecule has 0 radical (unpaired) electrons. The van der Waals surface area contributed by atoms with Crippen molar-refractivity contribution >= 4 is 28.0 Å². The SMILES string of the molecule is CCS(=O)(=O)Nc1nccc(CCCC2N=CC(COC)=CC2=O)n1. The van der Waals surface area contributed by atoms with Crippen LogP contribution in [0.1, 0.15) is 25.5 Å². The van der Waals surface area contributed by atoms with Gasteiger partial charge in [0.2, 0.25) is 16.0 Å². The number of carbonyl (C=O) groups is 1. The van der Waals surface area contributed by atoms with E-state index in [0.717, 1.165) is 5.57 Å². The largest absolute Gasteiger partial charge is 0.380 e. The lowest BCUT2D eigenvalue weighted by molar-refractivity contribution is -0.116. The molecule has 0 aromatic carbocycles. The van der Waals surface area contributed by atoms with Crippen molar-refractivity contribution in [3.05, 3.63) is 29.6 Å². The summed E-state index contributed by atoms with van der Waals surface area (Å²) in [5.41, 5.74) is 1.49. The molecule has 1 unspecified atom stereocenters. The number of ketones is 1. The molecule has 1 aliphatic rings. The molecule has 0 saturated carbocycles. The van der Waals surface area contributed by atoms with Crippen molar-refractivity contribution in [2.45, 2.75) is 32.2 Å². The summed E-state index contributed by atoms with van der Waals surface area (Å²) in [6.45, 7) is 1.92. The molecule has 0 fully saturated rings. The van der Waals surface area contributed by atoms with Crippen LogP contribution in [0.25, 0.3) is 0 Å². The zero-order valence-electron chi connectivity index (χ0n) is 14.3. The van der Waals surface area contributed by atoms with Crippen molar-refractivity contribution in [3.63, 3.8) is 0 Å². The minimum atomic E-state index is -3.40. The number of rotatable bonds is 9. The predicted molar refractivity (Wildman–Crippen MR) is 95.3 cm³/mol. The first-order valence-electron chi connectivity index (χ1n) is 8.02. The van der Waals surface area contributed by atoms with E-state index in [-0.39, 0.29) is 23.5 Å². The molecule has 0 aliphatic carbocycles. The molecule has 0 amide bonds. The second-order valence-electron chi connectivity index (χ2n) is 5.62. The molecule has 2 heterocycles. The molecular weight excluding hydrogens is 344 g/mol. The fourth-order valence-corrected chi connectivity index (χ4v) is 2.83.